The Morgan fingerprint density at radius 2 is 1.69 bits per heavy atom. The van der Waals surface area contributed by atoms with E-state index in [1.54, 1.807) is 7.11 Å². The van der Waals surface area contributed by atoms with E-state index in [9.17, 15) is 4.79 Å². The van der Waals surface area contributed by atoms with Crippen LogP contribution in [0.15, 0.2) is 24.3 Å². The summed E-state index contributed by atoms with van der Waals surface area (Å²) in [6, 6.07) is 8.34. The van der Waals surface area contributed by atoms with Gasteiger partial charge in [0.15, 0.2) is 0 Å². The highest BCUT2D eigenvalue weighted by molar-refractivity contribution is 5.82. The Hall–Kier alpha value is -1.59. The second-order valence-electron chi connectivity index (χ2n) is 9.22. The number of carbonyl (C=O) groups is 1. The second-order valence-corrected chi connectivity index (χ2v) is 9.22. The molecule has 5 nitrogen and oxygen atoms in total. The lowest BCUT2D eigenvalue weighted by molar-refractivity contribution is -0.146. The standard InChI is InChI=1S/C24H38N2O3/c1-17(2)23(26-15-18(3)29-19(4)16-26)24(27)25-12-10-21(11-13-25)14-20-6-8-22(28-5)9-7-20/h6-9,17-19,21,23H,10-16H2,1-5H3. The van der Waals surface area contributed by atoms with E-state index in [0.717, 1.165) is 51.2 Å². The molecular formula is C24H38N2O3. The van der Waals surface area contributed by atoms with E-state index in [0.29, 0.717) is 17.7 Å². The van der Waals surface area contributed by atoms with Gasteiger partial charge in [-0.25, -0.2) is 0 Å². The Bertz CT molecular complexity index is 643. The molecule has 2 fully saturated rings. The van der Waals surface area contributed by atoms with Crippen molar-refractivity contribution >= 4 is 5.91 Å². The number of hydrogen-bond acceptors (Lipinski definition) is 4. The van der Waals surface area contributed by atoms with Gasteiger partial charge in [-0.15, -0.1) is 0 Å². The van der Waals surface area contributed by atoms with Crippen LogP contribution in [-0.2, 0) is 16.0 Å². The van der Waals surface area contributed by atoms with Crippen LogP contribution in [0.4, 0.5) is 0 Å². The normalized spacial score (nSPS) is 25.2. The summed E-state index contributed by atoms with van der Waals surface area (Å²) in [5, 5.41) is 0. The fraction of sp³-hybridized carbons (Fsp3) is 0.708. The van der Waals surface area contributed by atoms with Crippen molar-refractivity contribution in [3.8, 4) is 5.75 Å². The number of carbonyl (C=O) groups excluding carboxylic acids is 1. The van der Waals surface area contributed by atoms with E-state index < -0.39 is 0 Å². The molecule has 0 radical (unpaired) electrons. The van der Waals surface area contributed by atoms with E-state index in [4.69, 9.17) is 9.47 Å². The van der Waals surface area contributed by atoms with Gasteiger partial charge in [-0.3, -0.25) is 9.69 Å². The quantitative estimate of drug-likeness (QED) is 0.729. The molecule has 0 saturated carbocycles. The number of likely N-dealkylation sites (tertiary alicyclic amines) is 1. The molecule has 0 bridgehead atoms. The molecule has 1 aromatic rings. The maximum absolute atomic E-state index is 13.4. The third-order valence-electron chi connectivity index (χ3n) is 6.34. The van der Waals surface area contributed by atoms with Gasteiger partial charge in [0.25, 0.3) is 0 Å². The number of nitrogens with zero attached hydrogens (tertiary/aromatic N) is 2. The van der Waals surface area contributed by atoms with Crippen LogP contribution in [0.5, 0.6) is 5.75 Å². The Labute approximate surface area is 176 Å². The van der Waals surface area contributed by atoms with Crippen molar-refractivity contribution in [2.75, 3.05) is 33.3 Å². The zero-order valence-electron chi connectivity index (χ0n) is 18.8. The van der Waals surface area contributed by atoms with Gasteiger partial charge >= 0.3 is 0 Å². The van der Waals surface area contributed by atoms with Crippen LogP contribution in [0.2, 0.25) is 0 Å². The Morgan fingerprint density at radius 1 is 1.10 bits per heavy atom. The fourth-order valence-corrected chi connectivity index (χ4v) is 4.95. The van der Waals surface area contributed by atoms with Crippen molar-refractivity contribution in [1.29, 1.82) is 0 Å². The van der Waals surface area contributed by atoms with E-state index in [1.807, 2.05) is 12.1 Å². The highest BCUT2D eigenvalue weighted by atomic mass is 16.5. The van der Waals surface area contributed by atoms with Gasteiger partial charge in [0, 0.05) is 26.2 Å². The van der Waals surface area contributed by atoms with Gasteiger partial charge in [0.2, 0.25) is 5.91 Å². The van der Waals surface area contributed by atoms with Crippen LogP contribution >= 0.6 is 0 Å². The first-order valence-corrected chi connectivity index (χ1v) is 11.2. The van der Waals surface area contributed by atoms with Crippen LogP contribution in [0.3, 0.4) is 0 Å². The van der Waals surface area contributed by atoms with Gasteiger partial charge < -0.3 is 14.4 Å². The Morgan fingerprint density at radius 3 is 2.21 bits per heavy atom. The molecular weight excluding hydrogens is 364 g/mol. The summed E-state index contributed by atoms with van der Waals surface area (Å²) in [4.78, 5) is 17.9. The zero-order valence-corrected chi connectivity index (χ0v) is 18.8. The minimum atomic E-state index is -0.0399. The monoisotopic (exact) mass is 402 g/mol. The molecule has 2 aliphatic rings. The van der Waals surface area contributed by atoms with Gasteiger partial charge in [-0.05, 0) is 62.6 Å². The average Bonchev–Trinajstić information content (AvgIpc) is 2.68. The fourth-order valence-electron chi connectivity index (χ4n) is 4.95. The predicted octanol–water partition coefficient (Wildman–Crippen LogP) is 3.61. The van der Waals surface area contributed by atoms with Crippen LogP contribution in [0.25, 0.3) is 0 Å². The van der Waals surface area contributed by atoms with Crippen LogP contribution in [0, 0.1) is 11.8 Å². The van der Waals surface area contributed by atoms with E-state index in [1.165, 1.54) is 5.56 Å². The summed E-state index contributed by atoms with van der Waals surface area (Å²) in [5.41, 5.74) is 1.35. The molecule has 3 atom stereocenters. The molecule has 1 amide bonds. The number of morpholine rings is 1. The summed E-state index contributed by atoms with van der Waals surface area (Å²) in [5.74, 6) is 2.16. The third kappa shape index (κ3) is 5.73. The van der Waals surface area contributed by atoms with Crippen molar-refractivity contribution in [1.82, 2.24) is 9.80 Å². The van der Waals surface area contributed by atoms with Gasteiger partial charge in [0.05, 0.1) is 25.4 Å². The number of benzene rings is 1. The molecule has 0 aromatic heterocycles. The summed E-state index contributed by atoms with van der Waals surface area (Å²) in [6.07, 6.45) is 3.61. The SMILES string of the molecule is COc1ccc(CC2CCN(C(=O)C(C(C)C)N3CC(C)OC(C)C3)CC2)cc1. The summed E-state index contributed by atoms with van der Waals surface area (Å²) in [7, 11) is 1.70. The number of amides is 1. The topological polar surface area (TPSA) is 42.0 Å². The maximum Gasteiger partial charge on any atom is 0.240 e. The zero-order chi connectivity index (χ0) is 21.0. The largest absolute Gasteiger partial charge is 0.497 e. The van der Waals surface area contributed by atoms with Crippen LogP contribution < -0.4 is 4.74 Å². The lowest BCUT2D eigenvalue weighted by atomic mass is 9.89. The van der Waals surface area contributed by atoms with Gasteiger partial charge in [-0.2, -0.15) is 0 Å². The first-order chi connectivity index (χ1) is 13.9. The first kappa shape index (κ1) is 22.1. The molecule has 2 aliphatic heterocycles. The van der Waals surface area contributed by atoms with Crippen molar-refractivity contribution in [3.05, 3.63) is 29.8 Å². The molecule has 5 heteroatoms. The smallest absolute Gasteiger partial charge is 0.240 e. The molecule has 29 heavy (non-hydrogen) atoms. The van der Waals surface area contributed by atoms with Crippen molar-refractivity contribution in [2.24, 2.45) is 11.8 Å². The number of methoxy groups -OCH3 is 1. The number of rotatable bonds is 6. The predicted molar refractivity (Wildman–Crippen MR) is 116 cm³/mol. The molecule has 3 rings (SSSR count). The minimum Gasteiger partial charge on any atom is -0.497 e. The third-order valence-corrected chi connectivity index (χ3v) is 6.34. The lowest BCUT2D eigenvalue weighted by Crippen LogP contribution is -2.58. The van der Waals surface area contributed by atoms with E-state index in [-0.39, 0.29) is 18.2 Å². The molecule has 2 saturated heterocycles. The molecule has 0 aliphatic carbocycles. The first-order valence-electron chi connectivity index (χ1n) is 11.2. The highest BCUT2D eigenvalue weighted by Gasteiger charge is 2.37. The lowest BCUT2D eigenvalue weighted by Gasteiger charge is -2.43. The summed E-state index contributed by atoms with van der Waals surface area (Å²) >= 11 is 0. The van der Waals surface area contributed by atoms with Crippen LogP contribution in [0.1, 0.15) is 46.1 Å². The summed E-state index contributed by atoms with van der Waals surface area (Å²) < 4.78 is 11.1. The van der Waals surface area contributed by atoms with Crippen molar-refractivity contribution in [3.63, 3.8) is 0 Å². The number of ether oxygens (including phenoxy) is 2. The molecule has 3 unspecified atom stereocenters. The second kappa shape index (κ2) is 9.94. The van der Waals surface area contributed by atoms with Gasteiger partial charge in [-0.1, -0.05) is 26.0 Å². The molecule has 0 spiro atoms. The Balaban J connectivity index is 1.56. The van der Waals surface area contributed by atoms with Crippen molar-refractivity contribution in [2.45, 2.75) is 65.2 Å². The highest BCUT2D eigenvalue weighted by Crippen LogP contribution is 2.26. The Kier molecular flexibility index (Phi) is 7.58. The number of hydrogen-bond donors (Lipinski definition) is 0. The number of piperidine rings is 1. The average molecular weight is 403 g/mol. The minimum absolute atomic E-state index is 0.0399. The maximum atomic E-state index is 13.4. The molecule has 1 aromatic carbocycles. The van der Waals surface area contributed by atoms with Crippen LogP contribution in [-0.4, -0.2) is 67.2 Å². The summed E-state index contributed by atoms with van der Waals surface area (Å²) in [6.45, 7) is 12.0. The molecule has 162 valence electrons. The molecule has 2 heterocycles. The van der Waals surface area contributed by atoms with E-state index in [2.05, 4.69) is 49.6 Å². The van der Waals surface area contributed by atoms with E-state index >= 15 is 0 Å². The van der Waals surface area contributed by atoms with Gasteiger partial charge in [0.1, 0.15) is 5.75 Å². The van der Waals surface area contributed by atoms with Crippen molar-refractivity contribution < 1.29 is 14.3 Å². The molecule has 0 N–H and O–H groups in total.